The third-order valence-electron chi connectivity index (χ3n) is 5.92. The van der Waals surface area contributed by atoms with E-state index in [0.29, 0.717) is 45.0 Å². The van der Waals surface area contributed by atoms with Crippen molar-refractivity contribution in [3.8, 4) is 5.69 Å². The standard InChI is InChI=1S/C25H26Cl2N4O4S/c1-14(2)28-25-29-21-13-30(23(32)16-5-10-19(26)20(27)11-16)12-15(3)22(21)24(33)31(25)17-6-8-18(9-7-17)36(4,34)35/h5-11,14-15H,12-13H2,1-4H3,(H,28,29)/t15-/m1/s1. The monoisotopic (exact) mass is 548 g/mol. The van der Waals surface area contributed by atoms with Crippen LogP contribution in [0.5, 0.6) is 0 Å². The largest absolute Gasteiger partial charge is 0.353 e. The van der Waals surface area contributed by atoms with Gasteiger partial charge in [-0.3, -0.25) is 9.59 Å². The van der Waals surface area contributed by atoms with E-state index in [1.165, 1.54) is 22.8 Å². The molecule has 0 saturated carbocycles. The van der Waals surface area contributed by atoms with Gasteiger partial charge in [0.05, 0.1) is 32.9 Å². The highest BCUT2D eigenvalue weighted by Crippen LogP contribution is 2.29. The van der Waals surface area contributed by atoms with Crippen LogP contribution in [-0.4, -0.2) is 47.6 Å². The summed E-state index contributed by atoms with van der Waals surface area (Å²) in [6.07, 6.45) is 1.13. The third-order valence-corrected chi connectivity index (χ3v) is 7.79. The molecule has 11 heteroatoms. The molecule has 0 bridgehead atoms. The average Bonchev–Trinajstić information content (AvgIpc) is 2.79. The van der Waals surface area contributed by atoms with Gasteiger partial charge in [0.1, 0.15) is 0 Å². The molecule has 36 heavy (non-hydrogen) atoms. The van der Waals surface area contributed by atoms with Crippen LogP contribution >= 0.6 is 23.2 Å². The smallest absolute Gasteiger partial charge is 0.263 e. The Morgan fingerprint density at radius 3 is 2.36 bits per heavy atom. The van der Waals surface area contributed by atoms with Crippen molar-refractivity contribution in [2.75, 3.05) is 18.1 Å². The van der Waals surface area contributed by atoms with Gasteiger partial charge >= 0.3 is 0 Å². The topological polar surface area (TPSA) is 101 Å². The van der Waals surface area contributed by atoms with Crippen molar-refractivity contribution < 1.29 is 13.2 Å². The average molecular weight is 549 g/mol. The van der Waals surface area contributed by atoms with Gasteiger partial charge in [0.2, 0.25) is 5.95 Å². The Morgan fingerprint density at radius 2 is 1.78 bits per heavy atom. The molecule has 1 aliphatic rings. The van der Waals surface area contributed by atoms with Crippen LogP contribution in [-0.2, 0) is 16.4 Å². The Labute approximate surface area is 219 Å². The molecule has 0 spiro atoms. The zero-order valence-electron chi connectivity index (χ0n) is 20.2. The highest BCUT2D eigenvalue weighted by molar-refractivity contribution is 7.90. The summed E-state index contributed by atoms with van der Waals surface area (Å²) in [4.78, 5) is 33.5. The zero-order valence-corrected chi connectivity index (χ0v) is 22.6. The van der Waals surface area contributed by atoms with Crippen LogP contribution < -0.4 is 10.9 Å². The number of nitrogens with one attached hydrogen (secondary N) is 1. The summed E-state index contributed by atoms with van der Waals surface area (Å²) in [5, 5.41) is 3.86. The van der Waals surface area contributed by atoms with Gasteiger partial charge in [-0.1, -0.05) is 30.1 Å². The van der Waals surface area contributed by atoms with Crippen molar-refractivity contribution in [2.45, 2.75) is 44.2 Å². The van der Waals surface area contributed by atoms with E-state index >= 15 is 0 Å². The second-order valence-electron chi connectivity index (χ2n) is 9.22. The van der Waals surface area contributed by atoms with Gasteiger partial charge in [0.25, 0.3) is 11.5 Å². The Balaban J connectivity index is 1.78. The van der Waals surface area contributed by atoms with Gasteiger partial charge in [-0.15, -0.1) is 0 Å². The first-order chi connectivity index (χ1) is 16.9. The summed E-state index contributed by atoms with van der Waals surface area (Å²) in [5.41, 5.74) is 1.67. The number of hydrogen-bond donors (Lipinski definition) is 1. The van der Waals surface area contributed by atoms with Crippen LogP contribution in [0, 0.1) is 0 Å². The number of benzene rings is 2. The minimum Gasteiger partial charge on any atom is -0.353 e. The van der Waals surface area contributed by atoms with E-state index in [1.807, 2.05) is 20.8 Å². The van der Waals surface area contributed by atoms with E-state index in [4.69, 9.17) is 28.2 Å². The molecule has 190 valence electrons. The van der Waals surface area contributed by atoms with E-state index in [-0.39, 0.29) is 34.9 Å². The van der Waals surface area contributed by atoms with Crippen molar-refractivity contribution in [1.29, 1.82) is 0 Å². The van der Waals surface area contributed by atoms with Crippen molar-refractivity contribution >= 4 is 44.9 Å². The lowest BCUT2D eigenvalue weighted by Crippen LogP contribution is -2.42. The Morgan fingerprint density at radius 1 is 1.11 bits per heavy atom. The molecule has 4 rings (SSSR count). The lowest BCUT2D eigenvalue weighted by atomic mass is 9.95. The Kier molecular flexibility index (Phi) is 7.19. The molecule has 0 fully saturated rings. The fourth-order valence-electron chi connectivity index (χ4n) is 4.26. The maximum absolute atomic E-state index is 13.8. The lowest BCUT2D eigenvalue weighted by Gasteiger charge is -2.33. The quantitative estimate of drug-likeness (QED) is 0.502. The molecule has 0 radical (unpaired) electrons. The summed E-state index contributed by atoms with van der Waals surface area (Å²) in [7, 11) is -3.38. The molecule has 3 aromatic rings. The van der Waals surface area contributed by atoms with E-state index < -0.39 is 9.84 Å². The van der Waals surface area contributed by atoms with Gasteiger partial charge in [-0.05, 0) is 56.3 Å². The molecule has 2 heterocycles. The number of carbonyl (C=O) groups excluding carboxylic acids is 1. The SMILES string of the molecule is CC(C)Nc1nc2c(c(=O)n1-c1ccc(S(C)(=O)=O)cc1)[C@H](C)CN(C(=O)c1ccc(Cl)c(Cl)c1)C2. The maximum atomic E-state index is 13.8. The summed E-state index contributed by atoms with van der Waals surface area (Å²) in [5.74, 6) is -0.196. The number of rotatable bonds is 5. The van der Waals surface area contributed by atoms with Crippen molar-refractivity contribution in [2.24, 2.45) is 0 Å². The van der Waals surface area contributed by atoms with E-state index in [1.54, 1.807) is 29.2 Å². The van der Waals surface area contributed by atoms with Gasteiger partial charge in [-0.25, -0.2) is 18.0 Å². The van der Waals surface area contributed by atoms with E-state index in [2.05, 4.69) is 5.32 Å². The fourth-order valence-corrected chi connectivity index (χ4v) is 5.19. The van der Waals surface area contributed by atoms with Crippen molar-refractivity contribution in [3.05, 3.63) is 79.7 Å². The van der Waals surface area contributed by atoms with Gasteiger partial charge in [0.15, 0.2) is 9.84 Å². The predicted molar refractivity (Wildman–Crippen MR) is 141 cm³/mol. The van der Waals surface area contributed by atoms with Gasteiger partial charge < -0.3 is 10.2 Å². The summed E-state index contributed by atoms with van der Waals surface area (Å²) < 4.78 is 25.2. The minimum atomic E-state index is -3.38. The molecule has 8 nitrogen and oxygen atoms in total. The second kappa shape index (κ2) is 9.88. The Hall–Kier alpha value is -2.88. The number of halogens is 2. The molecule has 0 aliphatic carbocycles. The van der Waals surface area contributed by atoms with Crippen molar-refractivity contribution in [3.63, 3.8) is 0 Å². The first kappa shape index (κ1) is 26.2. The predicted octanol–water partition coefficient (Wildman–Crippen LogP) is 4.52. The molecule has 1 atom stereocenters. The van der Waals surface area contributed by atoms with E-state index in [0.717, 1.165) is 6.26 Å². The summed E-state index contributed by atoms with van der Waals surface area (Å²) in [6, 6.07) is 10.8. The molecular formula is C25H26Cl2N4O4S. The molecule has 0 unspecified atom stereocenters. The number of amides is 1. The second-order valence-corrected chi connectivity index (χ2v) is 12.0. The molecule has 1 amide bonds. The van der Waals surface area contributed by atoms with E-state index in [9.17, 15) is 18.0 Å². The zero-order chi connectivity index (χ0) is 26.4. The number of aromatic nitrogens is 2. The number of sulfone groups is 1. The normalized spacial score (nSPS) is 15.6. The third kappa shape index (κ3) is 5.14. The molecule has 2 aromatic carbocycles. The van der Waals surface area contributed by atoms with Gasteiger partial charge in [0, 0.05) is 35.9 Å². The number of anilines is 1. The molecule has 1 aliphatic heterocycles. The first-order valence-electron chi connectivity index (χ1n) is 11.3. The molecule has 1 aromatic heterocycles. The summed E-state index contributed by atoms with van der Waals surface area (Å²) >= 11 is 12.1. The fraction of sp³-hybridized carbons (Fsp3) is 0.320. The van der Waals surface area contributed by atoms with Crippen LogP contribution in [0.25, 0.3) is 5.69 Å². The van der Waals surface area contributed by atoms with Crippen molar-refractivity contribution in [1.82, 2.24) is 14.5 Å². The minimum absolute atomic E-state index is 0.0357. The molecular weight excluding hydrogens is 523 g/mol. The van der Waals surface area contributed by atoms with Gasteiger partial charge in [-0.2, -0.15) is 0 Å². The van der Waals surface area contributed by atoms with Crippen LogP contribution in [0.2, 0.25) is 10.0 Å². The Bertz CT molecular complexity index is 1500. The number of fused-ring (bicyclic) bond motifs is 1. The number of hydrogen-bond acceptors (Lipinski definition) is 6. The van der Waals surface area contributed by atoms with Crippen LogP contribution in [0.1, 0.15) is 48.3 Å². The lowest BCUT2D eigenvalue weighted by molar-refractivity contribution is 0.0716. The first-order valence-corrected chi connectivity index (χ1v) is 14.0. The molecule has 1 N–H and O–H groups in total. The highest BCUT2D eigenvalue weighted by atomic mass is 35.5. The van der Waals surface area contributed by atoms with Crippen LogP contribution in [0.15, 0.2) is 52.2 Å². The van der Waals surface area contributed by atoms with Crippen LogP contribution in [0.4, 0.5) is 5.95 Å². The molecule has 0 saturated heterocycles. The highest BCUT2D eigenvalue weighted by Gasteiger charge is 2.32. The number of nitrogens with zero attached hydrogens (tertiary/aromatic N) is 3. The van der Waals surface area contributed by atoms with Crippen LogP contribution in [0.3, 0.4) is 0 Å². The maximum Gasteiger partial charge on any atom is 0.263 e. The summed E-state index contributed by atoms with van der Waals surface area (Å²) in [6.45, 7) is 6.21. The number of carbonyl (C=O) groups is 1.